The van der Waals surface area contributed by atoms with Gasteiger partial charge in [0.05, 0.1) is 17.1 Å². The summed E-state index contributed by atoms with van der Waals surface area (Å²) >= 11 is 1.97. The molecule has 1 saturated heterocycles. The third-order valence-electron chi connectivity index (χ3n) is 3.01. The first-order valence-electron chi connectivity index (χ1n) is 6.36. The van der Waals surface area contributed by atoms with Crippen molar-refractivity contribution in [1.82, 2.24) is 9.88 Å². The fourth-order valence-electron chi connectivity index (χ4n) is 1.95. The van der Waals surface area contributed by atoms with E-state index in [1.54, 1.807) is 0 Å². The van der Waals surface area contributed by atoms with Crippen molar-refractivity contribution < 1.29 is 4.92 Å². The Morgan fingerprint density at radius 2 is 2.10 bits per heavy atom. The van der Waals surface area contributed by atoms with Gasteiger partial charge in [-0.15, -0.1) is 0 Å². The first-order chi connectivity index (χ1) is 9.69. The van der Waals surface area contributed by atoms with Crippen molar-refractivity contribution in [3.63, 3.8) is 0 Å². The molecule has 1 aromatic heterocycles. The van der Waals surface area contributed by atoms with E-state index < -0.39 is 4.92 Å². The molecule has 2 heterocycles. The second-order valence-electron chi connectivity index (χ2n) is 4.38. The van der Waals surface area contributed by atoms with Gasteiger partial charge in [-0.3, -0.25) is 15.0 Å². The van der Waals surface area contributed by atoms with E-state index in [-0.39, 0.29) is 11.5 Å². The molecule has 4 N–H and O–H groups in total. The average Bonchev–Trinajstić information content (AvgIpc) is 2.48. The molecule has 0 aromatic carbocycles. The molecule has 8 nitrogen and oxygen atoms in total. The van der Waals surface area contributed by atoms with Crippen LogP contribution < -0.4 is 16.6 Å². The lowest BCUT2D eigenvalue weighted by Crippen LogP contribution is -2.36. The second kappa shape index (κ2) is 7.27. The number of anilines is 2. The molecule has 0 unspecified atom stereocenters. The molecule has 110 valence electrons. The summed E-state index contributed by atoms with van der Waals surface area (Å²) in [5, 5.41) is 13.9. The zero-order chi connectivity index (χ0) is 14.4. The molecule has 1 aromatic rings. The SMILES string of the molecule is NNc1cc([N+](=O)[O-])cc(NCCN2CCSCC2)n1. The summed E-state index contributed by atoms with van der Waals surface area (Å²) in [7, 11) is 0. The van der Waals surface area contributed by atoms with Gasteiger partial charge < -0.3 is 10.7 Å². The van der Waals surface area contributed by atoms with Gasteiger partial charge in [0, 0.05) is 37.7 Å². The highest BCUT2D eigenvalue weighted by atomic mass is 32.2. The molecule has 0 saturated carbocycles. The zero-order valence-corrected chi connectivity index (χ0v) is 11.9. The number of hydrazine groups is 1. The maximum atomic E-state index is 10.8. The van der Waals surface area contributed by atoms with Crippen molar-refractivity contribution in [2.75, 3.05) is 48.4 Å². The number of nitrogens with zero attached hydrogens (tertiary/aromatic N) is 3. The van der Waals surface area contributed by atoms with Gasteiger partial charge >= 0.3 is 0 Å². The van der Waals surface area contributed by atoms with E-state index >= 15 is 0 Å². The molecule has 1 fully saturated rings. The van der Waals surface area contributed by atoms with E-state index in [2.05, 4.69) is 20.6 Å². The molecule has 0 aliphatic carbocycles. The van der Waals surface area contributed by atoms with Crippen LogP contribution in [0.15, 0.2) is 12.1 Å². The van der Waals surface area contributed by atoms with E-state index in [9.17, 15) is 10.1 Å². The predicted molar refractivity (Wildman–Crippen MR) is 81.0 cm³/mol. The fourth-order valence-corrected chi connectivity index (χ4v) is 2.93. The van der Waals surface area contributed by atoms with Crippen LogP contribution in [0.1, 0.15) is 0 Å². The number of aromatic nitrogens is 1. The zero-order valence-electron chi connectivity index (χ0n) is 11.0. The summed E-state index contributed by atoms with van der Waals surface area (Å²) in [6, 6.07) is 2.71. The molecule has 0 amide bonds. The first kappa shape index (κ1) is 14.8. The smallest absolute Gasteiger partial charge is 0.276 e. The van der Waals surface area contributed by atoms with Gasteiger partial charge in [-0.05, 0) is 0 Å². The van der Waals surface area contributed by atoms with Gasteiger partial charge in [-0.2, -0.15) is 11.8 Å². The number of nitrogens with two attached hydrogens (primary N) is 1. The van der Waals surface area contributed by atoms with Gasteiger partial charge in [0.1, 0.15) is 11.6 Å². The van der Waals surface area contributed by atoms with Crippen molar-refractivity contribution in [3.8, 4) is 0 Å². The first-order valence-corrected chi connectivity index (χ1v) is 7.51. The minimum atomic E-state index is -0.463. The highest BCUT2D eigenvalue weighted by molar-refractivity contribution is 7.99. The number of nitro groups is 1. The number of pyridine rings is 1. The minimum Gasteiger partial charge on any atom is -0.369 e. The van der Waals surface area contributed by atoms with Gasteiger partial charge in [0.15, 0.2) is 0 Å². The van der Waals surface area contributed by atoms with Crippen LogP contribution in [0.5, 0.6) is 0 Å². The highest BCUT2D eigenvalue weighted by Gasteiger charge is 2.12. The van der Waals surface area contributed by atoms with Crippen LogP contribution in [-0.4, -0.2) is 52.5 Å². The summed E-state index contributed by atoms with van der Waals surface area (Å²) < 4.78 is 0. The van der Waals surface area contributed by atoms with Crippen LogP contribution in [0.25, 0.3) is 0 Å². The number of rotatable bonds is 6. The maximum Gasteiger partial charge on any atom is 0.276 e. The lowest BCUT2D eigenvalue weighted by atomic mass is 10.3. The molecule has 0 bridgehead atoms. The van der Waals surface area contributed by atoms with Crippen LogP contribution in [0, 0.1) is 10.1 Å². The third kappa shape index (κ3) is 4.22. The third-order valence-corrected chi connectivity index (χ3v) is 3.95. The molecule has 2 rings (SSSR count). The van der Waals surface area contributed by atoms with E-state index in [1.807, 2.05) is 11.8 Å². The van der Waals surface area contributed by atoms with Crippen LogP contribution in [-0.2, 0) is 0 Å². The number of thioether (sulfide) groups is 1. The number of nitrogen functional groups attached to an aromatic ring is 1. The quantitative estimate of drug-likeness (QED) is 0.401. The predicted octanol–water partition coefficient (Wildman–Crippen LogP) is 0.736. The monoisotopic (exact) mass is 298 g/mol. The highest BCUT2D eigenvalue weighted by Crippen LogP contribution is 2.19. The Bertz CT molecular complexity index is 466. The van der Waals surface area contributed by atoms with Crippen LogP contribution >= 0.6 is 11.8 Å². The van der Waals surface area contributed by atoms with Gasteiger partial charge in [0.2, 0.25) is 0 Å². The van der Waals surface area contributed by atoms with Crippen molar-refractivity contribution in [3.05, 3.63) is 22.2 Å². The summed E-state index contributed by atoms with van der Waals surface area (Å²) in [5.74, 6) is 8.32. The van der Waals surface area contributed by atoms with Crippen molar-refractivity contribution in [2.24, 2.45) is 5.84 Å². The molecule has 0 atom stereocenters. The van der Waals surface area contributed by atoms with Crippen LogP contribution in [0.3, 0.4) is 0 Å². The van der Waals surface area contributed by atoms with Crippen LogP contribution in [0.2, 0.25) is 0 Å². The molecule has 0 radical (unpaired) electrons. The van der Waals surface area contributed by atoms with E-state index in [0.29, 0.717) is 12.4 Å². The van der Waals surface area contributed by atoms with E-state index in [1.165, 1.54) is 12.1 Å². The van der Waals surface area contributed by atoms with Gasteiger partial charge in [-0.25, -0.2) is 10.8 Å². The molecular weight excluding hydrogens is 280 g/mol. The normalized spacial score (nSPS) is 15.8. The number of nitrogens with one attached hydrogen (secondary N) is 2. The summed E-state index contributed by atoms with van der Waals surface area (Å²) in [6.45, 7) is 3.77. The topological polar surface area (TPSA) is 109 Å². The maximum absolute atomic E-state index is 10.8. The van der Waals surface area contributed by atoms with Crippen molar-refractivity contribution >= 4 is 29.1 Å². The lowest BCUT2D eigenvalue weighted by Gasteiger charge is -2.26. The lowest BCUT2D eigenvalue weighted by molar-refractivity contribution is -0.384. The Hall–Kier alpha value is -1.58. The summed E-state index contributed by atoms with van der Waals surface area (Å²) in [6.07, 6.45) is 0. The fraction of sp³-hybridized carbons (Fsp3) is 0.545. The van der Waals surface area contributed by atoms with E-state index in [4.69, 9.17) is 5.84 Å². The Kier molecular flexibility index (Phi) is 5.39. The molecule has 1 aliphatic heterocycles. The minimum absolute atomic E-state index is 0.0372. The number of hydrogen-bond acceptors (Lipinski definition) is 8. The molecule has 0 spiro atoms. The van der Waals surface area contributed by atoms with Crippen molar-refractivity contribution in [2.45, 2.75) is 0 Å². The Morgan fingerprint density at radius 3 is 2.75 bits per heavy atom. The number of hydrogen-bond donors (Lipinski definition) is 3. The van der Waals surface area contributed by atoms with Crippen LogP contribution in [0.4, 0.5) is 17.3 Å². The largest absolute Gasteiger partial charge is 0.369 e. The molecule has 1 aliphatic rings. The molecule has 9 heteroatoms. The standard InChI is InChI=1S/C11H18N6O2S/c12-15-11-8-9(17(18)19)7-10(14-11)13-1-2-16-3-5-20-6-4-16/h7-8H,1-6,12H2,(H2,13,14,15). The molecular formula is C11H18N6O2S. The van der Waals surface area contributed by atoms with Gasteiger partial charge in [-0.1, -0.05) is 0 Å². The Morgan fingerprint density at radius 1 is 1.40 bits per heavy atom. The second-order valence-corrected chi connectivity index (χ2v) is 5.60. The Labute approximate surface area is 121 Å². The van der Waals surface area contributed by atoms with Crippen molar-refractivity contribution in [1.29, 1.82) is 0 Å². The summed E-state index contributed by atoms with van der Waals surface area (Å²) in [5.41, 5.74) is 2.30. The summed E-state index contributed by atoms with van der Waals surface area (Å²) in [4.78, 5) is 16.9. The average molecular weight is 298 g/mol. The Balaban J connectivity index is 1.91. The van der Waals surface area contributed by atoms with Gasteiger partial charge in [0.25, 0.3) is 5.69 Å². The molecule has 20 heavy (non-hydrogen) atoms. The van der Waals surface area contributed by atoms with E-state index in [0.717, 1.165) is 31.1 Å².